The Morgan fingerprint density at radius 1 is 0.840 bits per heavy atom. The van der Waals surface area contributed by atoms with Crippen LogP contribution in [0.3, 0.4) is 0 Å². The van der Waals surface area contributed by atoms with Crippen molar-refractivity contribution in [1.82, 2.24) is 0 Å². The van der Waals surface area contributed by atoms with Gasteiger partial charge in [-0.15, -0.1) is 0 Å². The van der Waals surface area contributed by atoms with E-state index < -0.39 is 8.07 Å². The van der Waals surface area contributed by atoms with Crippen molar-refractivity contribution in [3.05, 3.63) is 83.9 Å². The van der Waals surface area contributed by atoms with Gasteiger partial charge in [-0.1, -0.05) is 107 Å². The van der Waals surface area contributed by atoms with Gasteiger partial charge in [0.15, 0.2) is 0 Å². The second-order valence-electron chi connectivity index (χ2n) is 8.97. The van der Waals surface area contributed by atoms with Gasteiger partial charge in [0.25, 0.3) is 0 Å². The molecule has 2 aromatic rings. The van der Waals surface area contributed by atoms with Crippen LogP contribution in [-0.2, 0) is 0 Å². The molecule has 0 aliphatic heterocycles. The van der Waals surface area contributed by atoms with Crippen LogP contribution in [0, 0.1) is 5.41 Å². The topological polar surface area (TPSA) is 0 Å². The summed E-state index contributed by atoms with van der Waals surface area (Å²) in [6.07, 6.45) is 5.99. The van der Waals surface area contributed by atoms with Gasteiger partial charge in [-0.05, 0) is 35.4 Å². The standard InChI is InChI=1S/C24H34Si/c1-7-14-22(19-24(2,3)4)25(5,6)23(20-15-10-8-11-16-20)21-17-12-9-13-18-21/h7-18,22-23H,19H2,1-6H3/b14-7-. The molecule has 0 spiro atoms. The third-order valence-electron chi connectivity index (χ3n) is 5.22. The predicted octanol–water partition coefficient (Wildman–Crippen LogP) is 7.45. The molecule has 134 valence electrons. The van der Waals surface area contributed by atoms with E-state index in [0.717, 1.165) is 0 Å². The number of benzene rings is 2. The maximum absolute atomic E-state index is 2.58. The highest BCUT2D eigenvalue weighted by Gasteiger charge is 2.41. The summed E-state index contributed by atoms with van der Waals surface area (Å²) in [4.78, 5) is 0. The lowest BCUT2D eigenvalue weighted by Gasteiger charge is -2.41. The highest BCUT2D eigenvalue weighted by Crippen LogP contribution is 2.45. The summed E-state index contributed by atoms with van der Waals surface area (Å²) in [7, 11) is -1.66. The van der Waals surface area contributed by atoms with E-state index in [1.807, 2.05) is 0 Å². The summed E-state index contributed by atoms with van der Waals surface area (Å²) in [6, 6.07) is 22.2. The van der Waals surface area contributed by atoms with Gasteiger partial charge in [-0.25, -0.2) is 0 Å². The van der Waals surface area contributed by atoms with E-state index in [0.29, 0.717) is 16.5 Å². The molecule has 1 unspecified atom stereocenters. The van der Waals surface area contributed by atoms with Crippen molar-refractivity contribution in [2.75, 3.05) is 0 Å². The van der Waals surface area contributed by atoms with Gasteiger partial charge in [0.1, 0.15) is 0 Å². The third kappa shape index (κ3) is 5.18. The lowest BCUT2D eigenvalue weighted by atomic mass is 9.90. The summed E-state index contributed by atoms with van der Waals surface area (Å²) in [5.41, 5.74) is 4.44. The van der Waals surface area contributed by atoms with Crippen LogP contribution in [0.4, 0.5) is 0 Å². The fourth-order valence-electron chi connectivity index (χ4n) is 4.03. The minimum absolute atomic E-state index is 0.340. The van der Waals surface area contributed by atoms with Gasteiger partial charge in [-0.2, -0.15) is 0 Å². The summed E-state index contributed by atoms with van der Waals surface area (Å²) >= 11 is 0. The van der Waals surface area contributed by atoms with Gasteiger partial charge in [0, 0.05) is 5.54 Å². The molecular weight excluding hydrogens is 316 g/mol. The molecular formula is C24H34Si. The molecule has 0 bridgehead atoms. The Labute approximate surface area is 156 Å². The molecule has 0 fully saturated rings. The fourth-order valence-corrected chi connectivity index (χ4v) is 8.39. The second kappa shape index (κ2) is 8.18. The zero-order valence-electron chi connectivity index (χ0n) is 16.8. The summed E-state index contributed by atoms with van der Waals surface area (Å²) in [5, 5.41) is 0. The molecule has 1 atom stereocenters. The highest BCUT2D eigenvalue weighted by atomic mass is 28.3. The first-order chi connectivity index (χ1) is 11.8. The van der Waals surface area contributed by atoms with E-state index in [9.17, 15) is 0 Å². The maximum Gasteiger partial charge on any atom is 0.0671 e. The van der Waals surface area contributed by atoms with Crippen molar-refractivity contribution in [3.8, 4) is 0 Å². The lowest BCUT2D eigenvalue weighted by Crippen LogP contribution is -2.41. The molecule has 0 radical (unpaired) electrons. The first-order valence-corrected chi connectivity index (χ1v) is 12.6. The molecule has 0 amide bonds. The summed E-state index contributed by atoms with van der Waals surface area (Å²) < 4.78 is 0. The first kappa shape index (κ1) is 19.7. The quantitative estimate of drug-likeness (QED) is 0.375. The van der Waals surface area contributed by atoms with Gasteiger partial charge < -0.3 is 0 Å². The molecule has 0 aliphatic rings. The fraction of sp³-hybridized carbons (Fsp3) is 0.417. The Morgan fingerprint density at radius 3 is 1.64 bits per heavy atom. The third-order valence-corrected chi connectivity index (χ3v) is 9.69. The molecule has 0 saturated heterocycles. The monoisotopic (exact) mass is 350 g/mol. The zero-order valence-corrected chi connectivity index (χ0v) is 17.8. The van der Waals surface area contributed by atoms with Crippen LogP contribution in [0.25, 0.3) is 0 Å². The normalized spacial score (nSPS) is 14.2. The highest BCUT2D eigenvalue weighted by molar-refractivity contribution is 6.81. The Balaban J connectivity index is 2.54. The lowest BCUT2D eigenvalue weighted by molar-refractivity contribution is 0.377. The van der Waals surface area contributed by atoms with Crippen LogP contribution < -0.4 is 0 Å². The molecule has 2 rings (SSSR count). The van der Waals surface area contributed by atoms with Crippen LogP contribution >= 0.6 is 0 Å². The van der Waals surface area contributed by atoms with E-state index in [1.54, 1.807) is 0 Å². The van der Waals surface area contributed by atoms with Gasteiger partial charge in [-0.3, -0.25) is 0 Å². The molecule has 0 N–H and O–H groups in total. The predicted molar refractivity (Wildman–Crippen MR) is 115 cm³/mol. The molecule has 0 saturated carbocycles. The maximum atomic E-state index is 2.58. The van der Waals surface area contributed by atoms with Gasteiger partial charge >= 0.3 is 0 Å². The number of hydrogen-bond donors (Lipinski definition) is 0. The molecule has 2 aromatic carbocycles. The first-order valence-electron chi connectivity index (χ1n) is 9.48. The van der Waals surface area contributed by atoms with Crippen LogP contribution in [0.15, 0.2) is 72.8 Å². The Morgan fingerprint density at radius 2 is 1.28 bits per heavy atom. The molecule has 25 heavy (non-hydrogen) atoms. The van der Waals surface area contributed by atoms with Crippen LogP contribution in [-0.4, -0.2) is 8.07 Å². The number of hydrogen-bond acceptors (Lipinski definition) is 0. The second-order valence-corrected chi connectivity index (χ2v) is 13.9. The Kier molecular flexibility index (Phi) is 6.45. The van der Waals surface area contributed by atoms with Crippen molar-refractivity contribution < 1.29 is 0 Å². The van der Waals surface area contributed by atoms with Gasteiger partial charge in [0.05, 0.1) is 8.07 Å². The number of rotatable bonds is 6. The van der Waals surface area contributed by atoms with E-state index >= 15 is 0 Å². The number of allylic oxidation sites excluding steroid dienone is 2. The van der Waals surface area contributed by atoms with E-state index in [1.165, 1.54) is 17.5 Å². The van der Waals surface area contributed by atoms with Crippen molar-refractivity contribution in [1.29, 1.82) is 0 Å². The molecule has 0 nitrogen and oxygen atoms in total. The van der Waals surface area contributed by atoms with E-state index in [-0.39, 0.29) is 0 Å². The average Bonchev–Trinajstić information content (AvgIpc) is 2.55. The van der Waals surface area contributed by atoms with Crippen LogP contribution in [0.5, 0.6) is 0 Å². The van der Waals surface area contributed by atoms with E-state index in [2.05, 4.69) is 114 Å². The minimum Gasteiger partial charge on any atom is -0.0917 e. The van der Waals surface area contributed by atoms with E-state index in [4.69, 9.17) is 0 Å². The van der Waals surface area contributed by atoms with Crippen LogP contribution in [0.2, 0.25) is 18.6 Å². The Hall–Kier alpha value is -1.60. The molecule has 0 aromatic heterocycles. The smallest absolute Gasteiger partial charge is 0.0671 e. The molecule has 0 aliphatic carbocycles. The summed E-state index contributed by atoms with van der Waals surface area (Å²) in [6.45, 7) is 14.4. The van der Waals surface area contributed by atoms with Crippen molar-refractivity contribution in [3.63, 3.8) is 0 Å². The largest absolute Gasteiger partial charge is 0.0917 e. The van der Waals surface area contributed by atoms with Crippen molar-refractivity contribution in [2.45, 2.75) is 58.3 Å². The Bertz CT molecular complexity index is 623. The van der Waals surface area contributed by atoms with Crippen molar-refractivity contribution in [2.24, 2.45) is 5.41 Å². The van der Waals surface area contributed by atoms with Crippen LogP contribution in [0.1, 0.15) is 50.8 Å². The minimum atomic E-state index is -1.66. The zero-order chi connectivity index (χ0) is 18.5. The molecule has 0 heterocycles. The molecule has 1 heteroatoms. The average molecular weight is 351 g/mol. The van der Waals surface area contributed by atoms with Crippen molar-refractivity contribution >= 4 is 8.07 Å². The SMILES string of the molecule is C/C=C\C(CC(C)(C)C)[Si](C)(C)C(c1ccccc1)c1ccccc1. The van der Waals surface area contributed by atoms with Gasteiger partial charge in [0.2, 0.25) is 0 Å². The summed E-state index contributed by atoms with van der Waals surface area (Å²) in [5.74, 6) is 0.